The lowest BCUT2D eigenvalue weighted by Crippen LogP contribution is -2.39. The smallest absolute Gasteiger partial charge is 0.475 e. The summed E-state index contributed by atoms with van der Waals surface area (Å²) in [7, 11) is 0. The number of anilines is 1. The van der Waals surface area contributed by atoms with Crippen molar-refractivity contribution in [3.05, 3.63) is 82.1 Å². The third-order valence-electron chi connectivity index (χ3n) is 6.27. The minimum Gasteiger partial charge on any atom is -0.475 e. The number of amides is 1. The fourth-order valence-corrected chi connectivity index (χ4v) is 5.15. The molecule has 4 heterocycles. The Hall–Kier alpha value is -4.05. The number of likely N-dealkylation sites (tertiary alicyclic amines) is 1. The number of halogens is 7. The summed E-state index contributed by atoms with van der Waals surface area (Å²) in [5, 5.41) is 18.1. The quantitative estimate of drug-likeness (QED) is 0.380. The molecule has 1 fully saturated rings. The molecule has 1 spiro atoms. The van der Waals surface area contributed by atoms with Gasteiger partial charge in [-0.05, 0) is 54.2 Å². The summed E-state index contributed by atoms with van der Waals surface area (Å²) in [5.74, 6) is -5.68. The van der Waals surface area contributed by atoms with Crippen LogP contribution in [0.3, 0.4) is 0 Å². The van der Waals surface area contributed by atoms with Crippen LogP contribution in [-0.4, -0.2) is 69.9 Å². The van der Waals surface area contributed by atoms with Crippen molar-refractivity contribution < 1.29 is 55.3 Å². The van der Waals surface area contributed by atoms with Crippen molar-refractivity contribution in [2.24, 2.45) is 0 Å². The van der Waals surface area contributed by atoms with Crippen molar-refractivity contribution in [3.63, 3.8) is 0 Å². The van der Waals surface area contributed by atoms with E-state index in [2.05, 4.69) is 9.88 Å². The minimum atomic E-state index is -5.08. The first kappa shape index (κ1) is 32.5. The zero-order valence-electron chi connectivity index (χ0n) is 21.3. The van der Waals surface area contributed by atoms with Gasteiger partial charge >= 0.3 is 24.3 Å². The first-order chi connectivity index (χ1) is 19.5. The van der Waals surface area contributed by atoms with E-state index >= 15 is 0 Å². The van der Waals surface area contributed by atoms with Crippen LogP contribution < -0.4 is 4.90 Å². The number of carboxylic acids is 2. The van der Waals surface area contributed by atoms with Gasteiger partial charge in [0.05, 0.1) is 16.9 Å². The predicted molar refractivity (Wildman–Crippen MR) is 136 cm³/mol. The number of carbonyl (C=O) groups is 3. The van der Waals surface area contributed by atoms with Gasteiger partial charge in [0.1, 0.15) is 5.82 Å². The number of carboxylic acid groups (broad SMARTS) is 2. The number of rotatable bonds is 3. The number of benzene rings is 1. The predicted octanol–water partition coefficient (Wildman–Crippen LogP) is 5.35. The lowest BCUT2D eigenvalue weighted by atomic mass is 9.85. The second-order valence-electron chi connectivity index (χ2n) is 9.25. The van der Waals surface area contributed by atoms with E-state index in [-0.39, 0.29) is 17.1 Å². The van der Waals surface area contributed by atoms with Crippen LogP contribution in [0.5, 0.6) is 0 Å². The van der Waals surface area contributed by atoms with Crippen LogP contribution in [0.4, 0.5) is 36.4 Å². The molecular weight excluding hydrogens is 599 g/mol. The summed E-state index contributed by atoms with van der Waals surface area (Å²) in [6, 6.07) is 12.5. The molecule has 1 amide bonds. The molecule has 5 rings (SSSR count). The van der Waals surface area contributed by atoms with Crippen molar-refractivity contribution in [3.8, 4) is 0 Å². The van der Waals surface area contributed by atoms with Crippen molar-refractivity contribution in [2.75, 3.05) is 24.5 Å². The van der Waals surface area contributed by atoms with E-state index in [9.17, 15) is 35.5 Å². The molecule has 16 heteroatoms. The molecule has 1 unspecified atom stereocenters. The molecule has 1 saturated heterocycles. The monoisotopic (exact) mass is 621 g/mol. The van der Waals surface area contributed by atoms with Gasteiger partial charge in [0.15, 0.2) is 0 Å². The van der Waals surface area contributed by atoms with Gasteiger partial charge in [0.2, 0.25) is 0 Å². The average molecular weight is 622 g/mol. The number of carbonyl (C=O) groups excluding carboxylic acids is 1. The van der Waals surface area contributed by atoms with Crippen molar-refractivity contribution in [1.82, 2.24) is 9.88 Å². The normalized spacial score (nSPS) is 18.0. The fourth-order valence-electron chi connectivity index (χ4n) is 4.52. The molecule has 2 N–H and O–H groups in total. The largest absolute Gasteiger partial charge is 0.490 e. The maximum atomic E-state index is 13.5. The Morgan fingerprint density at radius 2 is 1.60 bits per heavy atom. The second-order valence-corrected chi connectivity index (χ2v) is 10.0. The first-order valence-corrected chi connectivity index (χ1v) is 12.8. The van der Waals surface area contributed by atoms with E-state index in [1.54, 1.807) is 12.1 Å². The van der Waals surface area contributed by atoms with Crippen molar-refractivity contribution >= 4 is 34.9 Å². The van der Waals surface area contributed by atoms with Gasteiger partial charge in [-0.1, -0.05) is 12.1 Å². The molecule has 8 nitrogen and oxygen atoms in total. The van der Waals surface area contributed by atoms with E-state index in [4.69, 9.17) is 19.8 Å². The second kappa shape index (κ2) is 12.9. The molecule has 226 valence electrons. The van der Waals surface area contributed by atoms with Crippen LogP contribution in [0, 0.1) is 5.82 Å². The molecule has 2 aliphatic heterocycles. The van der Waals surface area contributed by atoms with Gasteiger partial charge in [0.25, 0.3) is 5.91 Å². The number of nitrogens with zero attached hydrogens (tertiary/aromatic N) is 3. The van der Waals surface area contributed by atoms with E-state index in [0.29, 0.717) is 13.1 Å². The summed E-state index contributed by atoms with van der Waals surface area (Å²) in [6.45, 7) is 3.09. The van der Waals surface area contributed by atoms with Gasteiger partial charge in [-0.15, -0.1) is 0 Å². The summed E-state index contributed by atoms with van der Waals surface area (Å²) in [5.41, 5.74) is 3.48. The standard InChI is InChI=1S/C22H20FN3OS.2C2HF3O2/c23-18-4-1-3-16(11-18)12-25-9-7-22(14-25)15-26(19-5-2-8-24-20(19)22)21(27)17-6-10-28-13-17;2*3-2(4,5)1(6)7/h1-6,8,10-11,13H,7,9,12,14-15H2;2*(H,6,7). The van der Waals surface area contributed by atoms with Gasteiger partial charge < -0.3 is 15.1 Å². The zero-order chi connectivity index (χ0) is 31.3. The molecule has 2 aliphatic rings. The SMILES string of the molecule is O=C(O)C(F)(F)F.O=C(O)C(F)(F)F.O=C(c1ccsc1)N1CC2(CCN(Cc3cccc(F)c3)C2)c2ncccc21. The summed E-state index contributed by atoms with van der Waals surface area (Å²) in [6.07, 6.45) is -7.41. The summed E-state index contributed by atoms with van der Waals surface area (Å²) >= 11 is 1.53. The number of thiophene rings is 1. The van der Waals surface area contributed by atoms with E-state index in [1.807, 2.05) is 46.1 Å². The molecular formula is C26H22F7N3O5S. The lowest BCUT2D eigenvalue weighted by Gasteiger charge is -2.25. The highest BCUT2D eigenvalue weighted by molar-refractivity contribution is 7.08. The summed E-state index contributed by atoms with van der Waals surface area (Å²) in [4.78, 5) is 39.8. The van der Waals surface area contributed by atoms with Crippen LogP contribution in [0.1, 0.15) is 28.0 Å². The van der Waals surface area contributed by atoms with Gasteiger partial charge in [-0.2, -0.15) is 37.7 Å². The minimum absolute atomic E-state index is 0.0379. The average Bonchev–Trinajstić information content (AvgIpc) is 3.64. The molecule has 0 aliphatic carbocycles. The number of fused-ring (bicyclic) bond motifs is 2. The van der Waals surface area contributed by atoms with Crippen LogP contribution in [0.25, 0.3) is 0 Å². The van der Waals surface area contributed by atoms with Gasteiger partial charge in [-0.25, -0.2) is 14.0 Å². The van der Waals surface area contributed by atoms with Crippen molar-refractivity contribution in [1.29, 1.82) is 0 Å². The van der Waals surface area contributed by atoms with Crippen molar-refractivity contribution in [2.45, 2.75) is 30.7 Å². The Balaban J connectivity index is 0.000000289. The van der Waals surface area contributed by atoms with E-state index < -0.39 is 24.3 Å². The first-order valence-electron chi connectivity index (χ1n) is 11.9. The molecule has 0 saturated carbocycles. The van der Waals surface area contributed by atoms with E-state index in [0.717, 1.165) is 42.0 Å². The Labute approximate surface area is 237 Å². The van der Waals surface area contributed by atoms with E-state index in [1.165, 1.54) is 17.4 Å². The van der Waals surface area contributed by atoms with Crippen LogP contribution in [-0.2, 0) is 21.5 Å². The van der Waals surface area contributed by atoms with Gasteiger partial charge in [-0.3, -0.25) is 14.7 Å². The zero-order valence-corrected chi connectivity index (χ0v) is 22.1. The van der Waals surface area contributed by atoms with Crippen LogP contribution in [0.2, 0.25) is 0 Å². The fraction of sp³-hybridized carbons (Fsp3) is 0.308. The number of aliphatic carboxylic acids is 2. The number of hydrogen-bond donors (Lipinski definition) is 2. The molecule has 0 bridgehead atoms. The van der Waals surface area contributed by atoms with Crippen LogP contribution in [0.15, 0.2) is 59.4 Å². The lowest BCUT2D eigenvalue weighted by molar-refractivity contribution is -0.193. The highest BCUT2D eigenvalue weighted by atomic mass is 32.1. The summed E-state index contributed by atoms with van der Waals surface area (Å²) < 4.78 is 77.0. The highest BCUT2D eigenvalue weighted by Gasteiger charge is 2.50. The highest BCUT2D eigenvalue weighted by Crippen LogP contribution is 2.45. The Kier molecular flexibility index (Phi) is 9.94. The third kappa shape index (κ3) is 8.03. The molecule has 2 aromatic heterocycles. The molecule has 42 heavy (non-hydrogen) atoms. The number of hydrogen-bond acceptors (Lipinski definition) is 6. The molecule has 1 aromatic carbocycles. The molecule has 3 aromatic rings. The Morgan fingerprint density at radius 1 is 0.952 bits per heavy atom. The number of aromatic nitrogens is 1. The Bertz CT molecular complexity index is 1390. The maximum Gasteiger partial charge on any atom is 0.490 e. The molecule has 1 atom stereocenters. The topological polar surface area (TPSA) is 111 Å². The Morgan fingerprint density at radius 3 is 2.14 bits per heavy atom. The number of pyridine rings is 1. The number of alkyl halides is 6. The van der Waals surface area contributed by atoms with Crippen LogP contribution >= 0.6 is 11.3 Å². The third-order valence-corrected chi connectivity index (χ3v) is 6.95. The maximum absolute atomic E-state index is 13.5. The van der Waals surface area contributed by atoms with Gasteiger partial charge in [0, 0.05) is 36.6 Å². The molecule has 0 radical (unpaired) electrons.